The van der Waals surface area contributed by atoms with Crippen LogP contribution in [0.3, 0.4) is 0 Å². The van der Waals surface area contributed by atoms with Crippen LogP contribution in [0.5, 0.6) is 0 Å². The Morgan fingerprint density at radius 1 is 0.625 bits per heavy atom. The molecule has 0 amide bonds. The molecule has 2 atom stereocenters. The Labute approximate surface area is 216 Å². The number of nitrogens with zero attached hydrogens (tertiary/aromatic N) is 4. The maximum absolute atomic E-state index is 11.2. The van der Waals surface area contributed by atoms with E-state index in [2.05, 4.69) is 0 Å². The molecule has 1 fully saturated rings. The fourth-order valence-electron chi connectivity index (χ4n) is 3.53. The van der Waals surface area contributed by atoms with Crippen molar-refractivity contribution in [1.82, 2.24) is 19.6 Å². The molecular formula is C18H34CaN4O9+2. The Kier molecular flexibility index (Phi) is 16.6. The minimum absolute atomic E-state index is 0. The van der Waals surface area contributed by atoms with Crippen LogP contribution in [0, 0.1) is 0 Å². The summed E-state index contributed by atoms with van der Waals surface area (Å²) in [4.78, 5) is 40.3. The Balaban J connectivity index is 0.00000961. The Morgan fingerprint density at radius 2 is 0.938 bits per heavy atom. The molecule has 180 valence electrons. The third-order valence-electron chi connectivity index (χ3n) is 5.24. The van der Waals surface area contributed by atoms with E-state index in [1.807, 2.05) is 0 Å². The SMILES string of the molecule is O=C(O)CN1CCN(CC(=O)O)CCN([C@H](CO)[C@H](O)CO)CCN(CC(=O)O)CC1.[Ca+2]. The predicted octanol–water partition coefficient (Wildman–Crippen LogP) is -4.20. The van der Waals surface area contributed by atoms with E-state index in [9.17, 15) is 39.9 Å². The standard InChI is InChI=1S/C18H34N4O9.Ca/c23-12-14(15(25)13-24)22-7-5-20(10-17(28)29)3-1-19(9-16(26)27)2-4-21(6-8-22)11-18(30)31;/h14-15,23-25H,1-13H2,(H,26,27)(H,28,29)(H,30,31);/q;+2/t14-,15-;/m1./s1. The summed E-state index contributed by atoms with van der Waals surface area (Å²) in [6, 6.07) is -0.796. The molecular weight excluding hydrogens is 456 g/mol. The number of carboxylic acid groups (broad SMARTS) is 3. The molecule has 13 nitrogen and oxygen atoms in total. The average Bonchev–Trinajstić information content (AvgIpc) is 2.68. The fourth-order valence-corrected chi connectivity index (χ4v) is 3.53. The van der Waals surface area contributed by atoms with Crippen molar-refractivity contribution in [2.24, 2.45) is 0 Å². The number of carbonyl (C=O) groups is 3. The molecule has 0 aromatic heterocycles. The fraction of sp³-hybridized carbons (Fsp3) is 0.833. The molecule has 0 spiro atoms. The molecule has 1 aliphatic rings. The zero-order valence-electron chi connectivity index (χ0n) is 18.3. The van der Waals surface area contributed by atoms with Crippen molar-refractivity contribution in [2.75, 3.05) is 85.2 Å². The van der Waals surface area contributed by atoms with Crippen molar-refractivity contribution in [3.63, 3.8) is 0 Å². The van der Waals surface area contributed by atoms with E-state index in [1.165, 1.54) is 0 Å². The van der Waals surface area contributed by atoms with Gasteiger partial charge >= 0.3 is 55.6 Å². The molecule has 32 heavy (non-hydrogen) atoms. The first-order valence-electron chi connectivity index (χ1n) is 10.1. The Hall–Kier alpha value is -0.610. The summed E-state index contributed by atoms with van der Waals surface area (Å²) >= 11 is 0. The molecule has 0 saturated carbocycles. The van der Waals surface area contributed by atoms with Gasteiger partial charge in [0.25, 0.3) is 0 Å². The molecule has 1 heterocycles. The summed E-state index contributed by atoms with van der Waals surface area (Å²) in [6.07, 6.45) is -1.22. The molecule has 14 heteroatoms. The molecule has 1 saturated heterocycles. The smallest absolute Gasteiger partial charge is 0.480 e. The van der Waals surface area contributed by atoms with Gasteiger partial charge in [0.15, 0.2) is 0 Å². The van der Waals surface area contributed by atoms with Crippen LogP contribution in [0.1, 0.15) is 0 Å². The number of aliphatic hydroxyl groups excluding tert-OH is 3. The van der Waals surface area contributed by atoms with E-state index in [1.54, 1.807) is 19.6 Å². The summed E-state index contributed by atoms with van der Waals surface area (Å²) in [5, 5.41) is 56.6. The third kappa shape index (κ3) is 12.6. The van der Waals surface area contributed by atoms with Crippen LogP contribution >= 0.6 is 0 Å². The molecule has 1 aliphatic heterocycles. The van der Waals surface area contributed by atoms with Gasteiger partial charge in [-0.05, 0) is 0 Å². The van der Waals surface area contributed by atoms with E-state index in [0.717, 1.165) is 0 Å². The minimum atomic E-state index is -1.22. The maximum Gasteiger partial charge on any atom is 2.00 e. The van der Waals surface area contributed by atoms with Crippen molar-refractivity contribution in [1.29, 1.82) is 0 Å². The molecule has 0 bridgehead atoms. The van der Waals surface area contributed by atoms with E-state index in [-0.39, 0.29) is 110 Å². The Morgan fingerprint density at radius 3 is 1.19 bits per heavy atom. The van der Waals surface area contributed by atoms with Crippen LogP contribution in [-0.4, -0.2) is 203 Å². The van der Waals surface area contributed by atoms with E-state index in [0.29, 0.717) is 0 Å². The zero-order chi connectivity index (χ0) is 23.4. The largest absolute Gasteiger partial charge is 2.00 e. The molecule has 0 aromatic rings. The van der Waals surface area contributed by atoms with Crippen LogP contribution < -0.4 is 0 Å². The van der Waals surface area contributed by atoms with Gasteiger partial charge in [-0.2, -0.15) is 0 Å². The number of hydrogen-bond donors (Lipinski definition) is 6. The van der Waals surface area contributed by atoms with Crippen molar-refractivity contribution in [3.8, 4) is 0 Å². The van der Waals surface area contributed by atoms with Gasteiger partial charge in [-0.1, -0.05) is 0 Å². The summed E-state index contributed by atoms with van der Waals surface area (Å²) in [6.45, 7) is 0.396. The second-order valence-corrected chi connectivity index (χ2v) is 7.55. The van der Waals surface area contributed by atoms with Crippen LogP contribution in [0.15, 0.2) is 0 Å². The van der Waals surface area contributed by atoms with Gasteiger partial charge < -0.3 is 30.6 Å². The van der Waals surface area contributed by atoms with Crippen LogP contribution in [0.25, 0.3) is 0 Å². The van der Waals surface area contributed by atoms with Crippen LogP contribution in [-0.2, 0) is 14.4 Å². The molecule has 1 rings (SSSR count). The quantitative estimate of drug-likeness (QED) is 0.162. The number of aliphatic carboxylic acids is 3. The van der Waals surface area contributed by atoms with Gasteiger partial charge in [-0.3, -0.25) is 34.0 Å². The summed E-state index contributed by atoms with van der Waals surface area (Å²) in [7, 11) is 0. The maximum atomic E-state index is 11.2. The van der Waals surface area contributed by atoms with Crippen molar-refractivity contribution in [2.45, 2.75) is 12.1 Å². The van der Waals surface area contributed by atoms with E-state index < -0.39 is 43.3 Å². The minimum Gasteiger partial charge on any atom is -0.480 e. The summed E-state index contributed by atoms with van der Waals surface area (Å²) < 4.78 is 0. The van der Waals surface area contributed by atoms with Gasteiger partial charge in [-0.15, -0.1) is 0 Å². The molecule has 0 unspecified atom stereocenters. The Bertz CT molecular complexity index is 555. The van der Waals surface area contributed by atoms with Gasteiger partial charge in [-0.25, -0.2) is 0 Å². The summed E-state index contributed by atoms with van der Waals surface area (Å²) in [5.74, 6) is -3.10. The first-order valence-corrected chi connectivity index (χ1v) is 10.1. The molecule has 0 aromatic carbocycles. The van der Waals surface area contributed by atoms with Gasteiger partial charge in [0, 0.05) is 52.4 Å². The predicted molar refractivity (Wildman–Crippen MR) is 114 cm³/mol. The zero-order valence-corrected chi connectivity index (χ0v) is 20.5. The van der Waals surface area contributed by atoms with Gasteiger partial charge in [0.2, 0.25) is 0 Å². The monoisotopic (exact) mass is 490 g/mol. The molecule has 0 aliphatic carbocycles. The van der Waals surface area contributed by atoms with Crippen molar-refractivity contribution in [3.05, 3.63) is 0 Å². The van der Waals surface area contributed by atoms with Crippen molar-refractivity contribution < 1.29 is 45.0 Å². The molecule has 0 radical (unpaired) electrons. The number of carboxylic acids is 3. The van der Waals surface area contributed by atoms with Gasteiger partial charge in [0.1, 0.15) is 0 Å². The van der Waals surface area contributed by atoms with Crippen LogP contribution in [0.2, 0.25) is 0 Å². The summed E-state index contributed by atoms with van der Waals surface area (Å²) in [5.41, 5.74) is 0. The third-order valence-corrected chi connectivity index (χ3v) is 5.24. The number of hydrogen-bond acceptors (Lipinski definition) is 10. The topological polar surface area (TPSA) is 186 Å². The first-order chi connectivity index (χ1) is 14.7. The average molecular weight is 491 g/mol. The number of rotatable bonds is 10. The normalized spacial score (nSPS) is 20.3. The number of aliphatic hydroxyl groups is 3. The van der Waals surface area contributed by atoms with Crippen LogP contribution in [0.4, 0.5) is 0 Å². The van der Waals surface area contributed by atoms with E-state index >= 15 is 0 Å². The molecule has 6 N–H and O–H groups in total. The van der Waals surface area contributed by atoms with E-state index in [4.69, 9.17) is 5.11 Å². The van der Waals surface area contributed by atoms with Gasteiger partial charge in [0.05, 0.1) is 45.0 Å². The second-order valence-electron chi connectivity index (χ2n) is 7.55. The second kappa shape index (κ2) is 16.9. The van der Waals surface area contributed by atoms with Crippen molar-refractivity contribution >= 4 is 55.6 Å². The first kappa shape index (κ1) is 31.4.